The Morgan fingerprint density at radius 3 is 2.62 bits per heavy atom. The Kier molecular flexibility index (Phi) is 6.87. The first-order chi connectivity index (χ1) is 16.3. The van der Waals surface area contributed by atoms with Crippen LogP contribution in [0.4, 0.5) is 13.2 Å². The monoisotopic (exact) mass is 478 g/mol. The number of rotatable bonds is 10. The van der Waals surface area contributed by atoms with E-state index in [1.165, 1.54) is 25.5 Å². The van der Waals surface area contributed by atoms with E-state index >= 15 is 0 Å². The number of hydrogen-bond acceptors (Lipinski definition) is 6. The lowest BCUT2D eigenvalue weighted by atomic mass is 10.0. The Morgan fingerprint density at radius 2 is 1.97 bits per heavy atom. The van der Waals surface area contributed by atoms with Gasteiger partial charge in [0.2, 0.25) is 0 Å². The SMILES string of the molecule is COc1cc(-c2coc3cc(OCCN(C)C)ccc23)cc(OC(F)F)c1C(=O)N[C@@H]1C[C@@H]1F. The van der Waals surface area contributed by atoms with Crippen LogP contribution in [-0.4, -0.2) is 64.0 Å². The van der Waals surface area contributed by atoms with E-state index in [2.05, 4.69) is 10.1 Å². The molecule has 0 saturated heterocycles. The van der Waals surface area contributed by atoms with Gasteiger partial charge < -0.3 is 28.8 Å². The van der Waals surface area contributed by atoms with Crippen molar-refractivity contribution in [3.05, 3.63) is 42.2 Å². The molecule has 2 aromatic carbocycles. The molecule has 1 aliphatic carbocycles. The zero-order valence-corrected chi connectivity index (χ0v) is 18.9. The van der Waals surface area contributed by atoms with Gasteiger partial charge in [-0.2, -0.15) is 8.78 Å². The van der Waals surface area contributed by atoms with Crippen LogP contribution in [0.15, 0.2) is 41.0 Å². The van der Waals surface area contributed by atoms with E-state index in [9.17, 15) is 18.0 Å². The standard InChI is InChI=1S/C24H25F3N2O5/c1-29(2)6-7-32-14-4-5-15-16(12-33-19(15)10-14)13-8-20(31-3)22(21(9-13)34-24(26)27)23(30)28-18-11-17(18)25/h4-5,8-10,12,17-18,24H,6-7,11H2,1-3H3,(H,28,30)/t17-,18+/m0/s1. The van der Waals surface area contributed by atoms with E-state index in [0.717, 1.165) is 6.54 Å². The molecule has 1 heterocycles. The topological polar surface area (TPSA) is 73.2 Å². The van der Waals surface area contributed by atoms with Gasteiger partial charge >= 0.3 is 6.61 Å². The van der Waals surface area contributed by atoms with Gasteiger partial charge in [0.05, 0.1) is 19.4 Å². The number of fused-ring (bicyclic) bond motifs is 1. The summed E-state index contributed by atoms with van der Waals surface area (Å²) in [6, 6.07) is 7.52. The van der Waals surface area contributed by atoms with Crippen molar-refractivity contribution in [2.75, 3.05) is 34.4 Å². The van der Waals surface area contributed by atoms with Gasteiger partial charge in [-0.3, -0.25) is 4.79 Å². The smallest absolute Gasteiger partial charge is 0.387 e. The molecule has 34 heavy (non-hydrogen) atoms. The van der Waals surface area contributed by atoms with Crippen molar-refractivity contribution in [3.8, 4) is 28.4 Å². The fraction of sp³-hybridized carbons (Fsp3) is 0.375. The molecule has 4 rings (SSSR count). The number of carbonyl (C=O) groups is 1. The Hall–Kier alpha value is -3.40. The normalized spacial score (nSPS) is 17.3. The second kappa shape index (κ2) is 9.84. The lowest BCUT2D eigenvalue weighted by Crippen LogP contribution is -2.28. The maximum absolute atomic E-state index is 13.3. The number of nitrogens with zero attached hydrogens (tertiary/aromatic N) is 1. The van der Waals surface area contributed by atoms with Crippen LogP contribution in [0.5, 0.6) is 17.2 Å². The highest BCUT2D eigenvalue weighted by Crippen LogP contribution is 2.40. The number of ether oxygens (including phenoxy) is 3. The first-order valence-electron chi connectivity index (χ1n) is 10.7. The molecule has 7 nitrogen and oxygen atoms in total. The Labute approximate surface area is 194 Å². The summed E-state index contributed by atoms with van der Waals surface area (Å²) in [5, 5.41) is 3.18. The molecule has 0 radical (unpaired) electrons. The van der Waals surface area contributed by atoms with Crippen LogP contribution in [-0.2, 0) is 0 Å². The first kappa shape index (κ1) is 23.7. The Bertz CT molecular complexity index is 1180. The number of alkyl halides is 3. The molecule has 0 bridgehead atoms. The third-order valence-electron chi connectivity index (χ3n) is 5.42. The molecule has 0 unspecified atom stereocenters. The number of amides is 1. The average molecular weight is 478 g/mol. The number of benzene rings is 2. The Morgan fingerprint density at radius 1 is 1.24 bits per heavy atom. The van der Waals surface area contributed by atoms with Gasteiger partial charge in [0, 0.05) is 30.0 Å². The summed E-state index contributed by atoms with van der Waals surface area (Å²) in [7, 11) is 5.20. The van der Waals surface area contributed by atoms with Crippen LogP contribution < -0.4 is 19.5 Å². The second-order valence-electron chi connectivity index (χ2n) is 8.22. The van der Waals surface area contributed by atoms with Gasteiger partial charge in [-0.25, -0.2) is 4.39 Å². The molecule has 1 fully saturated rings. The minimum Gasteiger partial charge on any atom is -0.496 e. The average Bonchev–Trinajstić information content (AvgIpc) is 3.30. The number of furan rings is 1. The third-order valence-corrected chi connectivity index (χ3v) is 5.42. The number of methoxy groups -OCH3 is 1. The maximum atomic E-state index is 13.3. The van der Waals surface area contributed by atoms with Gasteiger partial charge in [0.25, 0.3) is 5.91 Å². The molecular weight excluding hydrogens is 453 g/mol. The first-order valence-corrected chi connectivity index (χ1v) is 10.7. The van der Waals surface area contributed by atoms with Crippen molar-refractivity contribution < 1.29 is 36.6 Å². The third kappa shape index (κ3) is 5.22. The molecule has 1 N–H and O–H groups in total. The molecule has 0 aliphatic heterocycles. The van der Waals surface area contributed by atoms with Gasteiger partial charge in [-0.15, -0.1) is 0 Å². The van der Waals surface area contributed by atoms with E-state index in [4.69, 9.17) is 13.9 Å². The fourth-order valence-electron chi connectivity index (χ4n) is 3.54. The predicted molar refractivity (Wildman–Crippen MR) is 120 cm³/mol. The molecule has 1 aliphatic rings. The van der Waals surface area contributed by atoms with Crippen LogP contribution in [0.25, 0.3) is 22.1 Å². The maximum Gasteiger partial charge on any atom is 0.387 e. The van der Waals surface area contributed by atoms with Crippen LogP contribution >= 0.6 is 0 Å². The van der Waals surface area contributed by atoms with E-state index in [0.29, 0.717) is 34.5 Å². The molecule has 10 heteroatoms. The summed E-state index contributed by atoms with van der Waals surface area (Å²) in [5.41, 5.74) is 1.34. The summed E-state index contributed by atoms with van der Waals surface area (Å²) in [5.74, 6) is -0.482. The van der Waals surface area contributed by atoms with Crippen molar-refractivity contribution >= 4 is 16.9 Å². The summed E-state index contributed by atoms with van der Waals surface area (Å²) in [4.78, 5) is 14.7. The number of hydrogen-bond donors (Lipinski definition) is 1. The fourth-order valence-corrected chi connectivity index (χ4v) is 3.54. The Balaban J connectivity index is 1.68. The molecule has 1 saturated carbocycles. The van der Waals surface area contributed by atoms with E-state index in [1.807, 2.05) is 19.0 Å². The highest BCUT2D eigenvalue weighted by Gasteiger charge is 2.40. The van der Waals surface area contributed by atoms with Crippen LogP contribution in [0.3, 0.4) is 0 Å². The summed E-state index contributed by atoms with van der Waals surface area (Å²) < 4.78 is 61.0. The van der Waals surface area contributed by atoms with E-state index < -0.39 is 24.7 Å². The zero-order valence-electron chi connectivity index (χ0n) is 18.9. The van der Waals surface area contributed by atoms with Crippen molar-refractivity contribution in [1.82, 2.24) is 10.2 Å². The van der Waals surface area contributed by atoms with Gasteiger partial charge in [0.1, 0.15) is 41.2 Å². The van der Waals surface area contributed by atoms with Crippen molar-refractivity contribution in [2.45, 2.75) is 25.2 Å². The number of carbonyl (C=O) groups excluding carboxylic acids is 1. The summed E-state index contributed by atoms with van der Waals surface area (Å²) in [6.07, 6.45) is 0.508. The molecular formula is C24H25F3N2O5. The summed E-state index contributed by atoms with van der Waals surface area (Å²) in [6.45, 7) is -1.92. The number of nitrogens with one attached hydrogen (secondary N) is 1. The molecule has 0 spiro atoms. The van der Waals surface area contributed by atoms with Crippen LogP contribution in [0, 0.1) is 0 Å². The number of likely N-dealkylation sites (N-methyl/N-ethyl adjacent to an activating group) is 1. The quantitative estimate of drug-likeness (QED) is 0.463. The minimum absolute atomic E-state index is 0.0136. The molecule has 2 atom stereocenters. The molecule has 1 amide bonds. The largest absolute Gasteiger partial charge is 0.496 e. The highest BCUT2D eigenvalue weighted by atomic mass is 19.3. The van der Waals surface area contributed by atoms with Crippen molar-refractivity contribution in [1.29, 1.82) is 0 Å². The second-order valence-corrected chi connectivity index (χ2v) is 8.22. The summed E-state index contributed by atoms with van der Waals surface area (Å²) >= 11 is 0. The molecule has 1 aromatic heterocycles. The number of halogens is 3. The molecule has 182 valence electrons. The molecule has 3 aromatic rings. The minimum atomic E-state index is -3.18. The van der Waals surface area contributed by atoms with E-state index in [1.54, 1.807) is 18.2 Å². The van der Waals surface area contributed by atoms with Gasteiger partial charge in [0.15, 0.2) is 0 Å². The van der Waals surface area contributed by atoms with Crippen LogP contribution in [0.2, 0.25) is 0 Å². The van der Waals surface area contributed by atoms with Gasteiger partial charge in [-0.05, 0) is 43.9 Å². The zero-order chi connectivity index (χ0) is 24.4. The van der Waals surface area contributed by atoms with Crippen LogP contribution in [0.1, 0.15) is 16.8 Å². The highest BCUT2D eigenvalue weighted by molar-refractivity contribution is 6.02. The van der Waals surface area contributed by atoms with Gasteiger partial charge in [-0.1, -0.05) is 0 Å². The van der Waals surface area contributed by atoms with E-state index in [-0.39, 0.29) is 23.5 Å². The lowest BCUT2D eigenvalue weighted by molar-refractivity contribution is -0.0502. The van der Waals surface area contributed by atoms with Crippen molar-refractivity contribution in [2.24, 2.45) is 0 Å². The van der Waals surface area contributed by atoms with Crippen molar-refractivity contribution in [3.63, 3.8) is 0 Å². The lowest BCUT2D eigenvalue weighted by Gasteiger charge is -2.16. The predicted octanol–water partition coefficient (Wildman–Crippen LogP) is 4.49.